The molecule has 0 saturated carbocycles. The summed E-state index contributed by atoms with van der Waals surface area (Å²) in [6.07, 6.45) is 5.00. The van der Waals surface area contributed by atoms with Crippen LogP contribution in [0.15, 0.2) is 52.5 Å². The fourth-order valence-corrected chi connectivity index (χ4v) is 1.35. The second kappa shape index (κ2) is 6.72. The third kappa shape index (κ3) is 3.81. The van der Waals surface area contributed by atoms with E-state index in [2.05, 4.69) is 16.1 Å². The smallest absolute Gasteiger partial charge is 0.154 e. The number of hydrogen-bond donors (Lipinski definition) is 0. The lowest BCUT2D eigenvalue weighted by atomic mass is 10.2. The molecule has 0 N–H and O–H groups in total. The minimum absolute atomic E-state index is 0.794. The lowest BCUT2D eigenvalue weighted by molar-refractivity contribution is 1.34. The molecule has 2 nitrogen and oxygen atoms in total. The van der Waals surface area contributed by atoms with Crippen molar-refractivity contribution in [3.63, 3.8) is 0 Å². The highest BCUT2D eigenvalue weighted by Gasteiger charge is 1.99. The van der Waals surface area contributed by atoms with E-state index in [-0.39, 0.29) is 0 Å². The van der Waals surface area contributed by atoms with Crippen LogP contribution in [-0.4, -0.2) is 18.6 Å². The highest BCUT2D eigenvalue weighted by atomic mass is 14.9. The Morgan fingerprint density at radius 1 is 1.25 bits per heavy atom. The first kappa shape index (κ1) is 12.4. The molecule has 1 rings (SSSR count). The molecule has 84 valence electrons. The molecule has 1 aromatic rings. The Balaban J connectivity index is 2.85. The van der Waals surface area contributed by atoms with Crippen molar-refractivity contribution in [2.45, 2.75) is 20.3 Å². The van der Waals surface area contributed by atoms with Gasteiger partial charge in [0.25, 0.3) is 0 Å². The van der Waals surface area contributed by atoms with Gasteiger partial charge in [-0.1, -0.05) is 42.5 Å². The topological polar surface area (TPSA) is 24.7 Å². The zero-order valence-electron chi connectivity index (χ0n) is 10.1. The van der Waals surface area contributed by atoms with Gasteiger partial charge in [-0.25, -0.2) is 4.99 Å². The number of benzene rings is 1. The number of nitrogens with zero attached hydrogens (tertiary/aromatic N) is 2. The van der Waals surface area contributed by atoms with E-state index in [1.54, 1.807) is 7.05 Å². The first-order valence-electron chi connectivity index (χ1n) is 5.45. The van der Waals surface area contributed by atoms with Crippen molar-refractivity contribution < 1.29 is 0 Å². The normalized spacial score (nSPS) is 13.4. The maximum Gasteiger partial charge on any atom is 0.154 e. The van der Waals surface area contributed by atoms with Crippen LogP contribution in [0.4, 0.5) is 0 Å². The lowest BCUT2D eigenvalue weighted by Gasteiger charge is -2.01. The van der Waals surface area contributed by atoms with Crippen LogP contribution in [0.25, 0.3) is 0 Å². The molecule has 0 radical (unpaired) electrons. The van der Waals surface area contributed by atoms with Gasteiger partial charge in [0.15, 0.2) is 5.84 Å². The average Bonchev–Trinajstić information content (AvgIpc) is 2.34. The van der Waals surface area contributed by atoms with Gasteiger partial charge in [-0.2, -0.15) is 0 Å². The minimum Gasteiger partial charge on any atom is -0.270 e. The highest BCUT2D eigenvalue weighted by molar-refractivity contribution is 6.06. The third-order valence-corrected chi connectivity index (χ3v) is 2.19. The van der Waals surface area contributed by atoms with E-state index < -0.39 is 0 Å². The Morgan fingerprint density at radius 3 is 2.50 bits per heavy atom. The minimum atomic E-state index is 0.794. The van der Waals surface area contributed by atoms with Gasteiger partial charge in [0.1, 0.15) is 0 Å². The van der Waals surface area contributed by atoms with E-state index >= 15 is 0 Å². The van der Waals surface area contributed by atoms with Gasteiger partial charge in [-0.3, -0.25) is 4.99 Å². The zero-order valence-corrected chi connectivity index (χ0v) is 10.1. The first-order chi connectivity index (χ1) is 7.77. The standard InChI is InChI=1S/C14H18N2/c1-4-5-9-12(2)16-14(15-3)13-10-7-6-8-11-13/h4-8,10-11H,9H2,1-3H3/b5-4-,15-14-,16-12+. The predicted molar refractivity (Wildman–Crippen MR) is 71.4 cm³/mol. The molecule has 0 atom stereocenters. The van der Waals surface area contributed by atoms with Gasteiger partial charge < -0.3 is 0 Å². The molecule has 0 aromatic heterocycles. The Bertz CT molecular complexity index is 400. The van der Waals surface area contributed by atoms with Gasteiger partial charge in [0.05, 0.1) is 0 Å². The number of aliphatic imine (C=N–C) groups is 2. The van der Waals surface area contributed by atoms with E-state index in [0.717, 1.165) is 23.5 Å². The van der Waals surface area contributed by atoms with Crippen molar-refractivity contribution in [3.8, 4) is 0 Å². The summed E-state index contributed by atoms with van der Waals surface area (Å²) < 4.78 is 0. The molecule has 0 heterocycles. The van der Waals surface area contributed by atoms with Gasteiger partial charge in [0, 0.05) is 24.7 Å². The van der Waals surface area contributed by atoms with Crippen molar-refractivity contribution in [1.82, 2.24) is 0 Å². The molecule has 0 aliphatic rings. The summed E-state index contributed by atoms with van der Waals surface area (Å²) in [5.41, 5.74) is 2.13. The summed E-state index contributed by atoms with van der Waals surface area (Å²) in [5.74, 6) is 0.794. The summed E-state index contributed by atoms with van der Waals surface area (Å²) in [6.45, 7) is 4.04. The molecule has 16 heavy (non-hydrogen) atoms. The monoisotopic (exact) mass is 214 g/mol. The molecule has 0 aliphatic carbocycles. The molecule has 0 saturated heterocycles. The third-order valence-electron chi connectivity index (χ3n) is 2.19. The first-order valence-corrected chi connectivity index (χ1v) is 5.45. The van der Waals surface area contributed by atoms with Crippen LogP contribution in [0.3, 0.4) is 0 Å². The zero-order chi connectivity index (χ0) is 11.8. The largest absolute Gasteiger partial charge is 0.270 e. The Labute approximate surface area is 97.5 Å². The molecule has 0 fully saturated rings. The predicted octanol–water partition coefficient (Wildman–Crippen LogP) is 3.49. The average molecular weight is 214 g/mol. The van der Waals surface area contributed by atoms with Crippen molar-refractivity contribution in [3.05, 3.63) is 48.0 Å². The van der Waals surface area contributed by atoms with Crippen LogP contribution < -0.4 is 0 Å². The Morgan fingerprint density at radius 2 is 1.94 bits per heavy atom. The molecule has 1 aromatic carbocycles. The number of allylic oxidation sites excluding steroid dienone is 2. The van der Waals surface area contributed by atoms with Crippen LogP contribution in [0.2, 0.25) is 0 Å². The van der Waals surface area contributed by atoms with Crippen LogP contribution in [0.1, 0.15) is 25.8 Å². The Hall–Kier alpha value is -1.70. The van der Waals surface area contributed by atoms with E-state index in [1.165, 1.54) is 0 Å². The van der Waals surface area contributed by atoms with Crippen molar-refractivity contribution in [1.29, 1.82) is 0 Å². The van der Waals surface area contributed by atoms with Gasteiger partial charge in [-0.15, -0.1) is 0 Å². The van der Waals surface area contributed by atoms with Crippen LogP contribution in [-0.2, 0) is 0 Å². The lowest BCUT2D eigenvalue weighted by Crippen LogP contribution is -2.01. The molecule has 0 unspecified atom stereocenters. The van der Waals surface area contributed by atoms with Gasteiger partial charge in [-0.05, 0) is 13.8 Å². The summed E-state index contributed by atoms with van der Waals surface area (Å²) in [7, 11) is 1.77. The molecule has 0 amide bonds. The quantitative estimate of drug-likeness (QED) is 0.418. The van der Waals surface area contributed by atoms with Crippen LogP contribution >= 0.6 is 0 Å². The fourth-order valence-electron chi connectivity index (χ4n) is 1.35. The van der Waals surface area contributed by atoms with E-state index in [0.29, 0.717) is 0 Å². The Kier molecular flexibility index (Phi) is 5.20. The summed E-state index contributed by atoms with van der Waals surface area (Å²) in [6, 6.07) is 10.0. The molecule has 0 aliphatic heterocycles. The van der Waals surface area contributed by atoms with Crippen LogP contribution in [0.5, 0.6) is 0 Å². The summed E-state index contributed by atoms with van der Waals surface area (Å²) in [4.78, 5) is 8.73. The van der Waals surface area contributed by atoms with Crippen molar-refractivity contribution in [2.24, 2.45) is 9.98 Å². The molecule has 0 bridgehead atoms. The second-order valence-electron chi connectivity index (χ2n) is 3.53. The number of rotatable bonds is 3. The number of amidine groups is 1. The fraction of sp³-hybridized carbons (Fsp3) is 0.286. The molecular formula is C14H18N2. The maximum atomic E-state index is 4.52. The maximum absolute atomic E-state index is 4.52. The van der Waals surface area contributed by atoms with Crippen molar-refractivity contribution >= 4 is 11.5 Å². The number of hydrogen-bond acceptors (Lipinski definition) is 1. The van der Waals surface area contributed by atoms with E-state index in [4.69, 9.17) is 0 Å². The van der Waals surface area contributed by atoms with E-state index in [9.17, 15) is 0 Å². The van der Waals surface area contributed by atoms with Crippen LogP contribution in [0, 0.1) is 0 Å². The summed E-state index contributed by atoms with van der Waals surface area (Å²) >= 11 is 0. The second-order valence-corrected chi connectivity index (χ2v) is 3.53. The van der Waals surface area contributed by atoms with Gasteiger partial charge >= 0.3 is 0 Å². The van der Waals surface area contributed by atoms with Gasteiger partial charge in [0.2, 0.25) is 0 Å². The summed E-state index contributed by atoms with van der Waals surface area (Å²) in [5, 5.41) is 0. The molecular weight excluding hydrogens is 196 g/mol. The van der Waals surface area contributed by atoms with Crippen molar-refractivity contribution in [2.75, 3.05) is 7.05 Å². The van der Waals surface area contributed by atoms with E-state index in [1.807, 2.05) is 50.3 Å². The molecule has 2 heteroatoms. The highest BCUT2D eigenvalue weighted by Crippen LogP contribution is 2.03. The SMILES string of the molecule is C/C=C\C/C(C)=N/C(=N\C)c1ccccc1. The molecule has 0 spiro atoms.